The third kappa shape index (κ3) is 5.32. The summed E-state index contributed by atoms with van der Waals surface area (Å²) in [7, 11) is -3.96. The molecule has 0 spiro atoms. The molecule has 3 amide bonds. The Labute approximate surface area is 152 Å². The van der Waals surface area contributed by atoms with Gasteiger partial charge in [-0.2, -0.15) is 0 Å². The number of nitrogens with one attached hydrogen (secondary N) is 3. The summed E-state index contributed by atoms with van der Waals surface area (Å²) < 4.78 is 26.4. The van der Waals surface area contributed by atoms with E-state index in [0.717, 1.165) is 12.0 Å². The summed E-state index contributed by atoms with van der Waals surface area (Å²) in [6, 6.07) is 11.5. The van der Waals surface area contributed by atoms with Crippen molar-refractivity contribution in [1.29, 1.82) is 0 Å². The van der Waals surface area contributed by atoms with Crippen LogP contribution in [0.5, 0.6) is 0 Å². The number of amides is 3. The highest BCUT2D eigenvalue weighted by Gasteiger charge is 2.17. The van der Waals surface area contributed by atoms with Crippen LogP contribution in [0.4, 0.5) is 10.5 Å². The minimum atomic E-state index is -3.96. The van der Waals surface area contributed by atoms with Crippen LogP contribution < -0.4 is 15.4 Å². The molecule has 138 valence electrons. The first kappa shape index (κ1) is 19.5. The molecule has 0 aliphatic carbocycles. The first-order valence-electron chi connectivity index (χ1n) is 8.10. The molecule has 2 aromatic rings. The van der Waals surface area contributed by atoms with Crippen molar-refractivity contribution in [3.05, 3.63) is 59.7 Å². The third-order valence-electron chi connectivity index (χ3n) is 3.47. The molecule has 0 atom stereocenters. The summed E-state index contributed by atoms with van der Waals surface area (Å²) in [5.74, 6) is -0.204. The van der Waals surface area contributed by atoms with Crippen molar-refractivity contribution in [2.75, 3.05) is 11.9 Å². The van der Waals surface area contributed by atoms with Crippen molar-refractivity contribution in [3.8, 4) is 0 Å². The van der Waals surface area contributed by atoms with E-state index < -0.39 is 16.1 Å². The van der Waals surface area contributed by atoms with E-state index in [4.69, 9.17) is 0 Å². The van der Waals surface area contributed by atoms with Crippen molar-refractivity contribution in [3.63, 3.8) is 0 Å². The molecule has 0 aromatic heterocycles. The zero-order valence-electron chi connectivity index (χ0n) is 14.6. The molecule has 7 nitrogen and oxygen atoms in total. The van der Waals surface area contributed by atoms with Gasteiger partial charge in [-0.3, -0.25) is 4.79 Å². The van der Waals surface area contributed by atoms with Crippen molar-refractivity contribution in [1.82, 2.24) is 10.0 Å². The predicted octanol–water partition coefficient (Wildman–Crippen LogP) is 2.65. The molecule has 3 N–H and O–H groups in total. The smallest absolute Gasteiger partial charge is 0.333 e. The quantitative estimate of drug-likeness (QED) is 0.722. The Morgan fingerprint density at radius 3 is 2.35 bits per heavy atom. The van der Waals surface area contributed by atoms with E-state index in [1.165, 1.54) is 24.3 Å². The molecule has 0 saturated carbocycles. The van der Waals surface area contributed by atoms with Gasteiger partial charge in [0, 0.05) is 17.8 Å². The largest absolute Gasteiger partial charge is 0.352 e. The number of benzene rings is 2. The second kappa shape index (κ2) is 8.48. The molecule has 0 aliphatic rings. The maximum absolute atomic E-state index is 12.2. The highest BCUT2D eigenvalue weighted by Crippen LogP contribution is 2.12. The molecule has 26 heavy (non-hydrogen) atoms. The lowest BCUT2D eigenvalue weighted by molar-refractivity contribution is 0.0953. The average molecular weight is 375 g/mol. The van der Waals surface area contributed by atoms with Gasteiger partial charge < -0.3 is 10.6 Å². The van der Waals surface area contributed by atoms with Gasteiger partial charge in [0.05, 0.1) is 4.90 Å². The lowest BCUT2D eigenvalue weighted by atomic mass is 10.2. The number of urea groups is 1. The predicted molar refractivity (Wildman–Crippen MR) is 99.6 cm³/mol. The van der Waals surface area contributed by atoms with Crippen LogP contribution in [0.2, 0.25) is 0 Å². The van der Waals surface area contributed by atoms with Crippen LogP contribution in [0, 0.1) is 6.92 Å². The molecule has 0 heterocycles. The van der Waals surface area contributed by atoms with Crippen molar-refractivity contribution in [2.24, 2.45) is 0 Å². The van der Waals surface area contributed by atoms with Crippen molar-refractivity contribution < 1.29 is 18.0 Å². The molecular formula is C18H21N3O4S. The fourth-order valence-electron chi connectivity index (χ4n) is 2.17. The zero-order valence-corrected chi connectivity index (χ0v) is 15.4. The molecular weight excluding hydrogens is 354 g/mol. The van der Waals surface area contributed by atoms with Gasteiger partial charge in [0.15, 0.2) is 0 Å². The van der Waals surface area contributed by atoms with E-state index in [0.29, 0.717) is 17.8 Å². The van der Waals surface area contributed by atoms with Crippen LogP contribution in [0.25, 0.3) is 0 Å². The van der Waals surface area contributed by atoms with Gasteiger partial charge in [-0.25, -0.2) is 17.9 Å². The van der Waals surface area contributed by atoms with Crippen LogP contribution in [-0.2, 0) is 10.0 Å². The topological polar surface area (TPSA) is 104 Å². The molecule has 8 heteroatoms. The van der Waals surface area contributed by atoms with Crippen molar-refractivity contribution >= 4 is 27.6 Å². The Hall–Kier alpha value is -2.87. The minimum Gasteiger partial charge on any atom is -0.352 e. The molecule has 0 unspecified atom stereocenters. The molecule has 2 rings (SSSR count). The number of anilines is 1. The SMILES string of the molecule is CCCNC(=O)c1ccc(NC(=O)NS(=O)(=O)c2cccc(C)c2)cc1. The summed E-state index contributed by atoms with van der Waals surface area (Å²) in [6.45, 7) is 4.30. The van der Waals surface area contributed by atoms with Gasteiger partial charge in [-0.1, -0.05) is 19.1 Å². The van der Waals surface area contributed by atoms with Crippen LogP contribution in [0.15, 0.2) is 53.4 Å². The fraction of sp³-hybridized carbons (Fsp3) is 0.222. The lowest BCUT2D eigenvalue weighted by Crippen LogP contribution is -2.34. The van der Waals surface area contributed by atoms with Gasteiger partial charge >= 0.3 is 6.03 Å². The molecule has 0 saturated heterocycles. The van der Waals surface area contributed by atoms with Crippen molar-refractivity contribution in [2.45, 2.75) is 25.2 Å². The Balaban J connectivity index is 2.00. The number of aryl methyl sites for hydroxylation is 1. The highest BCUT2D eigenvalue weighted by atomic mass is 32.2. The number of rotatable bonds is 6. The second-order valence-electron chi connectivity index (χ2n) is 5.71. The normalized spacial score (nSPS) is 10.8. The Morgan fingerprint density at radius 2 is 1.73 bits per heavy atom. The van der Waals surface area contributed by atoms with E-state index in [9.17, 15) is 18.0 Å². The average Bonchev–Trinajstić information content (AvgIpc) is 2.59. The Kier molecular flexibility index (Phi) is 6.35. The maximum atomic E-state index is 12.2. The van der Waals surface area contributed by atoms with Gasteiger partial charge in [0.2, 0.25) is 0 Å². The minimum absolute atomic E-state index is 0.00981. The van der Waals surface area contributed by atoms with E-state index in [-0.39, 0.29) is 10.8 Å². The first-order chi connectivity index (χ1) is 12.3. The molecule has 0 bridgehead atoms. The molecule has 2 aromatic carbocycles. The van der Waals surface area contributed by atoms with Crippen LogP contribution >= 0.6 is 0 Å². The maximum Gasteiger partial charge on any atom is 0.333 e. The van der Waals surface area contributed by atoms with Gasteiger partial charge in [-0.15, -0.1) is 0 Å². The zero-order chi connectivity index (χ0) is 19.2. The summed E-state index contributed by atoms with van der Waals surface area (Å²) in [4.78, 5) is 23.8. The summed E-state index contributed by atoms with van der Waals surface area (Å²) in [5.41, 5.74) is 1.59. The summed E-state index contributed by atoms with van der Waals surface area (Å²) in [6.07, 6.45) is 0.834. The van der Waals surface area contributed by atoms with E-state index in [1.807, 2.05) is 11.6 Å². The molecule has 0 radical (unpaired) electrons. The van der Waals surface area contributed by atoms with Crippen LogP contribution in [0.1, 0.15) is 29.3 Å². The number of carbonyl (C=O) groups is 2. The van der Waals surface area contributed by atoms with E-state index in [1.54, 1.807) is 31.2 Å². The van der Waals surface area contributed by atoms with E-state index in [2.05, 4.69) is 10.6 Å². The fourth-order valence-corrected chi connectivity index (χ4v) is 3.18. The van der Waals surface area contributed by atoms with Crippen LogP contribution in [0.3, 0.4) is 0 Å². The highest BCUT2D eigenvalue weighted by molar-refractivity contribution is 7.90. The van der Waals surface area contributed by atoms with Crippen LogP contribution in [-0.4, -0.2) is 26.9 Å². The van der Waals surface area contributed by atoms with Gasteiger partial charge in [0.25, 0.3) is 15.9 Å². The number of carbonyl (C=O) groups excluding carboxylic acids is 2. The molecule has 0 fully saturated rings. The lowest BCUT2D eigenvalue weighted by Gasteiger charge is -2.10. The first-order valence-corrected chi connectivity index (χ1v) is 9.59. The Morgan fingerprint density at radius 1 is 1.04 bits per heavy atom. The number of sulfonamides is 1. The van der Waals surface area contributed by atoms with E-state index >= 15 is 0 Å². The summed E-state index contributed by atoms with van der Waals surface area (Å²) in [5, 5.41) is 5.18. The number of hydrogen-bond donors (Lipinski definition) is 3. The summed E-state index contributed by atoms with van der Waals surface area (Å²) >= 11 is 0. The van der Waals surface area contributed by atoms with Gasteiger partial charge in [-0.05, 0) is 55.3 Å². The monoisotopic (exact) mass is 375 g/mol. The third-order valence-corrected chi connectivity index (χ3v) is 4.80. The Bertz CT molecular complexity index is 893. The molecule has 0 aliphatic heterocycles. The standard InChI is InChI=1S/C18H21N3O4S/c1-3-11-19-17(22)14-7-9-15(10-8-14)20-18(23)21-26(24,25)16-6-4-5-13(2)12-16/h4-10,12H,3,11H2,1-2H3,(H,19,22)(H2,20,21,23). The van der Waals surface area contributed by atoms with Gasteiger partial charge in [0.1, 0.15) is 0 Å². The second-order valence-corrected chi connectivity index (χ2v) is 7.39. The number of hydrogen-bond acceptors (Lipinski definition) is 4.